The lowest BCUT2D eigenvalue weighted by Gasteiger charge is -2.21. The third-order valence-electron chi connectivity index (χ3n) is 5.03. The van der Waals surface area contributed by atoms with Gasteiger partial charge in [0.15, 0.2) is 0 Å². The number of carbonyl (C=O) groups excluding carboxylic acids is 3. The molecule has 0 radical (unpaired) electrons. The van der Waals surface area contributed by atoms with Crippen molar-refractivity contribution in [3.8, 4) is 0 Å². The van der Waals surface area contributed by atoms with Gasteiger partial charge in [0.1, 0.15) is 0 Å². The summed E-state index contributed by atoms with van der Waals surface area (Å²) in [6.45, 7) is 2.27. The van der Waals surface area contributed by atoms with Gasteiger partial charge in [-0.25, -0.2) is 0 Å². The van der Waals surface area contributed by atoms with E-state index in [-0.39, 0.29) is 24.7 Å². The topological polar surface area (TPSA) is 75.7 Å². The van der Waals surface area contributed by atoms with Gasteiger partial charge in [0.2, 0.25) is 11.8 Å². The van der Waals surface area contributed by atoms with Crippen LogP contribution in [-0.2, 0) is 19.1 Å². The molecule has 0 aromatic heterocycles. The summed E-state index contributed by atoms with van der Waals surface area (Å²) in [7, 11) is 1.32. The summed E-state index contributed by atoms with van der Waals surface area (Å²) in [5.74, 6) is -1.24. The van der Waals surface area contributed by atoms with Crippen molar-refractivity contribution in [1.82, 2.24) is 5.32 Å². The lowest BCUT2D eigenvalue weighted by Crippen LogP contribution is -2.36. The molecule has 0 saturated carbocycles. The van der Waals surface area contributed by atoms with Gasteiger partial charge in [-0.3, -0.25) is 14.4 Å². The van der Waals surface area contributed by atoms with E-state index >= 15 is 0 Å². The van der Waals surface area contributed by atoms with Gasteiger partial charge in [-0.05, 0) is 40.5 Å². The standard InChI is InChI=1S/C22H23BrN2O4/c1-14-7-9-15(10-8-14)18(12-21(27)29-2)24-22(28)16-11-20(26)25(13-16)19-6-4-3-5-17(19)23/h3-10,16,18H,11-13H2,1-2H3,(H,24,28). The molecule has 1 heterocycles. The summed E-state index contributed by atoms with van der Waals surface area (Å²) >= 11 is 3.46. The van der Waals surface area contributed by atoms with E-state index in [9.17, 15) is 14.4 Å². The number of esters is 1. The van der Waals surface area contributed by atoms with E-state index in [0.717, 1.165) is 21.3 Å². The van der Waals surface area contributed by atoms with Crippen molar-refractivity contribution in [3.05, 3.63) is 64.1 Å². The molecule has 3 rings (SSSR count). The van der Waals surface area contributed by atoms with E-state index in [1.807, 2.05) is 55.5 Å². The number of methoxy groups -OCH3 is 1. The Morgan fingerprint density at radius 3 is 2.55 bits per heavy atom. The minimum absolute atomic E-state index is 0.0277. The van der Waals surface area contributed by atoms with E-state index < -0.39 is 17.9 Å². The number of aryl methyl sites for hydroxylation is 1. The summed E-state index contributed by atoms with van der Waals surface area (Å²) in [6, 6.07) is 14.5. The maximum Gasteiger partial charge on any atom is 0.307 e. The number of anilines is 1. The van der Waals surface area contributed by atoms with Gasteiger partial charge in [0.05, 0.1) is 31.2 Å². The van der Waals surface area contributed by atoms with Gasteiger partial charge in [0.25, 0.3) is 0 Å². The number of nitrogens with zero attached hydrogens (tertiary/aromatic N) is 1. The minimum atomic E-state index is -0.511. The second-order valence-corrected chi connectivity index (χ2v) is 7.96. The van der Waals surface area contributed by atoms with E-state index in [0.29, 0.717) is 6.54 Å². The molecule has 2 amide bonds. The summed E-state index contributed by atoms with van der Waals surface area (Å²) in [5.41, 5.74) is 2.65. The number of halogens is 1. The predicted octanol–water partition coefficient (Wildman–Crippen LogP) is 3.53. The highest BCUT2D eigenvalue weighted by atomic mass is 79.9. The van der Waals surface area contributed by atoms with Gasteiger partial charge >= 0.3 is 5.97 Å². The monoisotopic (exact) mass is 458 g/mol. The van der Waals surface area contributed by atoms with Gasteiger partial charge in [-0.1, -0.05) is 42.0 Å². The lowest BCUT2D eigenvalue weighted by atomic mass is 10.0. The van der Waals surface area contributed by atoms with Crippen LogP contribution >= 0.6 is 15.9 Å². The number of hydrogen-bond donors (Lipinski definition) is 1. The number of rotatable bonds is 6. The smallest absolute Gasteiger partial charge is 0.307 e. The summed E-state index contributed by atoms with van der Waals surface area (Å²) in [4.78, 5) is 38.9. The molecule has 2 aromatic carbocycles. The first-order valence-corrected chi connectivity index (χ1v) is 10.2. The minimum Gasteiger partial charge on any atom is -0.469 e. The lowest BCUT2D eigenvalue weighted by molar-refractivity contribution is -0.141. The maximum absolute atomic E-state index is 12.9. The number of amides is 2. The second kappa shape index (κ2) is 9.22. The highest BCUT2D eigenvalue weighted by Crippen LogP contribution is 2.31. The van der Waals surface area contributed by atoms with Crippen molar-refractivity contribution in [3.63, 3.8) is 0 Å². The number of nitrogens with one attached hydrogen (secondary N) is 1. The molecule has 0 spiro atoms. The number of hydrogen-bond acceptors (Lipinski definition) is 4. The van der Waals surface area contributed by atoms with Crippen LogP contribution in [0.4, 0.5) is 5.69 Å². The molecule has 2 atom stereocenters. The average Bonchev–Trinajstić information content (AvgIpc) is 3.10. The number of benzene rings is 2. The van der Waals surface area contributed by atoms with Crippen molar-refractivity contribution in [2.24, 2.45) is 5.92 Å². The first kappa shape index (κ1) is 21.0. The quantitative estimate of drug-likeness (QED) is 0.671. The highest BCUT2D eigenvalue weighted by molar-refractivity contribution is 9.10. The zero-order valence-electron chi connectivity index (χ0n) is 16.4. The first-order valence-electron chi connectivity index (χ1n) is 9.37. The van der Waals surface area contributed by atoms with Gasteiger partial charge in [0, 0.05) is 17.4 Å². The molecule has 7 heteroatoms. The molecule has 152 valence electrons. The van der Waals surface area contributed by atoms with Crippen LogP contribution in [0.15, 0.2) is 53.0 Å². The second-order valence-electron chi connectivity index (χ2n) is 7.11. The Morgan fingerprint density at radius 1 is 1.21 bits per heavy atom. The molecule has 0 bridgehead atoms. The average molecular weight is 459 g/mol. The zero-order valence-corrected chi connectivity index (χ0v) is 17.9. The van der Waals surface area contributed by atoms with E-state index in [2.05, 4.69) is 21.2 Å². The van der Waals surface area contributed by atoms with Crippen LogP contribution < -0.4 is 10.2 Å². The molecule has 1 fully saturated rings. The Morgan fingerprint density at radius 2 is 1.90 bits per heavy atom. The van der Waals surface area contributed by atoms with Gasteiger partial charge < -0.3 is 15.0 Å². The van der Waals surface area contributed by atoms with Crippen LogP contribution in [0, 0.1) is 12.8 Å². The molecule has 1 aliphatic heterocycles. The van der Waals surface area contributed by atoms with E-state index in [4.69, 9.17) is 4.74 Å². The van der Waals surface area contributed by atoms with Crippen LogP contribution in [-0.4, -0.2) is 31.4 Å². The highest BCUT2D eigenvalue weighted by Gasteiger charge is 2.36. The zero-order chi connectivity index (χ0) is 21.0. The molecular weight excluding hydrogens is 436 g/mol. The summed E-state index contributed by atoms with van der Waals surface area (Å²) in [5, 5.41) is 2.94. The number of carbonyl (C=O) groups is 3. The van der Waals surface area contributed by atoms with Crippen LogP contribution in [0.3, 0.4) is 0 Å². The predicted molar refractivity (Wildman–Crippen MR) is 113 cm³/mol. The Kier molecular flexibility index (Phi) is 6.69. The molecule has 29 heavy (non-hydrogen) atoms. The van der Waals surface area contributed by atoms with Crippen molar-refractivity contribution in [2.45, 2.75) is 25.8 Å². The van der Waals surface area contributed by atoms with Crippen molar-refractivity contribution in [2.75, 3.05) is 18.6 Å². The van der Waals surface area contributed by atoms with Crippen LogP contribution in [0.5, 0.6) is 0 Å². The Hall–Kier alpha value is -2.67. The van der Waals surface area contributed by atoms with Crippen molar-refractivity contribution >= 4 is 39.4 Å². The van der Waals surface area contributed by atoms with Crippen molar-refractivity contribution in [1.29, 1.82) is 0 Å². The molecule has 6 nitrogen and oxygen atoms in total. The van der Waals surface area contributed by atoms with E-state index in [1.165, 1.54) is 7.11 Å². The third-order valence-corrected chi connectivity index (χ3v) is 5.70. The van der Waals surface area contributed by atoms with Crippen molar-refractivity contribution < 1.29 is 19.1 Å². The fraction of sp³-hybridized carbons (Fsp3) is 0.318. The van der Waals surface area contributed by atoms with E-state index in [1.54, 1.807) is 4.90 Å². The Bertz CT molecular complexity index is 913. The number of para-hydroxylation sites is 1. The third kappa shape index (κ3) is 5.03. The fourth-order valence-electron chi connectivity index (χ4n) is 3.38. The molecule has 1 aliphatic rings. The molecule has 1 saturated heterocycles. The van der Waals surface area contributed by atoms with Crippen LogP contribution in [0.25, 0.3) is 0 Å². The molecule has 1 N–H and O–H groups in total. The fourth-order valence-corrected chi connectivity index (χ4v) is 3.88. The van der Waals surface area contributed by atoms with Gasteiger partial charge in [-0.15, -0.1) is 0 Å². The molecular formula is C22H23BrN2O4. The summed E-state index contributed by atoms with van der Waals surface area (Å²) in [6.07, 6.45) is 0.159. The first-order chi connectivity index (χ1) is 13.9. The molecule has 0 aliphatic carbocycles. The Balaban J connectivity index is 1.74. The SMILES string of the molecule is COC(=O)CC(NC(=O)C1CC(=O)N(c2ccccc2Br)C1)c1ccc(C)cc1. The number of ether oxygens (including phenoxy) is 1. The maximum atomic E-state index is 12.9. The van der Waals surface area contributed by atoms with Crippen LogP contribution in [0.2, 0.25) is 0 Å². The largest absolute Gasteiger partial charge is 0.469 e. The summed E-state index contributed by atoms with van der Waals surface area (Å²) < 4.78 is 5.58. The molecule has 2 aromatic rings. The molecule has 2 unspecified atom stereocenters. The van der Waals surface area contributed by atoms with Gasteiger partial charge in [-0.2, -0.15) is 0 Å². The normalized spacial score (nSPS) is 17.1. The van der Waals surface area contributed by atoms with Crippen LogP contribution in [0.1, 0.15) is 30.0 Å². The Labute approximate surface area is 178 Å².